The SMILES string of the molecule is CC(C)(C)C(=N)/C=C(/CN)Nc1cccc(Cl)c1. The molecule has 4 N–H and O–H groups in total. The second-order valence-corrected chi connectivity index (χ2v) is 5.61. The molecule has 18 heavy (non-hydrogen) atoms. The van der Waals surface area contributed by atoms with E-state index in [-0.39, 0.29) is 5.41 Å². The predicted octanol–water partition coefficient (Wildman–Crippen LogP) is 3.66. The molecule has 98 valence electrons. The fraction of sp³-hybridized carbons (Fsp3) is 0.357. The lowest BCUT2D eigenvalue weighted by Gasteiger charge is -2.18. The van der Waals surface area contributed by atoms with Gasteiger partial charge in [-0.25, -0.2) is 0 Å². The van der Waals surface area contributed by atoms with E-state index in [1.54, 1.807) is 6.08 Å². The molecule has 0 aromatic heterocycles. The lowest BCUT2D eigenvalue weighted by atomic mass is 9.89. The van der Waals surface area contributed by atoms with Crippen molar-refractivity contribution in [3.63, 3.8) is 0 Å². The average molecular weight is 266 g/mol. The van der Waals surface area contributed by atoms with Gasteiger partial charge in [-0.05, 0) is 24.3 Å². The lowest BCUT2D eigenvalue weighted by Crippen LogP contribution is -2.20. The van der Waals surface area contributed by atoms with E-state index in [1.807, 2.05) is 45.0 Å². The van der Waals surface area contributed by atoms with E-state index in [1.165, 1.54) is 0 Å². The van der Waals surface area contributed by atoms with Gasteiger partial charge in [-0.3, -0.25) is 0 Å². The van der Waals surface area contributed by atoms with Gasteiger partial charge in [0.2, 0.25) is 0 Å². The molecule has 0 heterocycles. The number of rotatable bonds is 4. The Morgan fingerprint density at radius 2 is 2.11 bits per heavy atom. The summed E-state index contributed by atoms with van der Waals surface area (Å²) in [4.78, 5) is 0. The highest BCUT2D eigenvalue weighted by Gasteiger charge is 2.15. The van der Waals surface area contributed by atoms with E-state index in [0.29, 0.717) is 17.3 Å². The number of benzene rings is 1. The monoisotopic (exact) mass is 265 g/mol. The van der Waals surface area contributed by atoms with Gasteiger partial charge in [-0.2, -0.15) is 0 Å². The summed E-state index contributed by atoms with van der Waals surface area (Å²) in [6.07, 6.45) is 1.78. The summed E-state index contributed by atoms with van der Waals surface area (Å²) in [7, 11) is 0. The fourth-order valence-electron chi connectivity index (χ4n) is 1.29. The Hall–Kier alpha value is -1.32. The van der Waals surface area contributed by atoms with Crippen molar-refractivity contribution in [3.8, 4) is 0 Å². The van der Waals surface area contributed by atoms with Crippen molar-refractivity contribution < 1.29 is 0 Å². The summed E-state index contributed by atoms with van der Waals surface area (Å²) in [6, 6.07) is 7.42. The summed E-state index contributed by atoms with van der Waals surface area (Å²) < 4.78 is 0. The minimum atomic E-state index is -0.184. The molecule has 0 radical (unpaired) electrons. The first-order valence-corrected chi connectivity index (χ1v) is 6.23. The van der Waals surface area contributed by atoms with Crippen LogP contribution in [0.3, 0.4) is 0 Å². The van der Waals surface area contributed by atoms with Gasteiger partial charge in [0, 0.05) is 34.1 Å². The van der Waals surface area contributed by atoms with E-state index in [2.05, 4.69) is 5.32 Å². The zero-order chi connectivity index (χ0) is 13.8. The van der Waals surface area contributed by atoms with Crippen molar-refractivity contribution >= 4 is 23.0 Å². The van der Waals surface area contributed by atoms with Gasteiger partial charge in [-0.1, -0.05) is 38.4 Å². The molecule has 0 bridgehead atoms. The maximum Gasteiger partial charge on any atom is 0.0426 e. The zero-order valence-electron chi connectivity index (χ0n) is 11.0. The molecule has 0 amide bonds. The Morgan fingerprint density at radius 1 is 1.44 bits per heavy atom. The minimum absolute atomic E-state index is 0.184. The maximum atomic E-state index is 7.98. The number of halogens is 1. The van der Waals surface area contributed by atoms with Gasteiger partial charge in [0.1, 0.15) is 0 Å². The third kappa shape index (κ3) is 4.51. The van der Waals surface area contributed by atoms with Crippen LogP contribution < -0.4 is 11.1 Å². The summed E-state index contributed by atoms with van der Waals surface area (Å²) in [5.74, 6) is 0. The predicted molar refractivity (Wildman–Crippen MR) is 79.4 cm³/mol. The van der Waals surface area contributed by atoms with E-state index in [0.717, 1.165) is 11.4 Å². The standard InChI is InChI=1S/C14H20ClN3/c1-14(2,3)13(17)8-12(9-16)18-11-6-4-5-10(15)7-11/h4-8,17-18H,9,16H2,1-3H3/b12-8-,17-13?. The Morgan fingerprint density at radius 3 is 2.61 bits per heavy atom. The second-order valence-electron chi connectivity index (χ2n) is 5.17. The quantitative estimate of drug-likeness (QED) is 0.728. The molecule has 0 fully saturated rings. The highest BCUT2D eigenvalue weighted by Crippen LogP contribution is 2.19. The lowest BCUT2D eigenvalue weighted by molar-refractivity contribution is 0.590. The first kappa shape index (κ1) is 14.7. The third-order valence-corrected chi connectivity index (χ3v) is 2.71. The van der Waals surface area contributed by atoms with Crippen LogP contribution in [0, 0.1) is 10.8 Å². The molecule has 1 aromatic rings. The van der Waals surface area contributed by atoms with Crippen LogP contribution in [0.2, 0.25) is 5.02 Å². The summed E-state index contributed by atoms with van der Waals surface area (Å²) in [6.45, 7) is 6.35. The van der Waals surface area contributed by atoms with E-state index in [9.17, 15) is 0 Å². The number of hydrogen-bond donors (Lipinski definition) is 3. The number of anilines is 1. The van der Waals surface area contributed by atoms with Gasteiger partial charge in [-0.15, -0.1) is 0 Å². The highest BCUT2D eigenvalue weighted by atomic mass is 35.5. The average Bonchev–Trinajstić information content (AvgIpc) is 2.26. The van der Waals surface area contributed by atoms with Crippen molar-refractivity contribution in [2.24, 2.45) is 11.1 Å². The van der Waals surface area contributed by atoms with Crippen molar-refractivity contribution in [3.05, 3.63) is 41.1 Å². The van der Waals surface area contributed by atoms with E-state index < -0.39 is 0 Å². The Bertz CT molecular complexity index is 458. The van der Waals surface area contributed by atoms with Gasteiger partial charge < -0.3 is 16.5 Å². The highest BCUT2D eigenvalue weighted by molar-refractivity contribution is 6.30. The molecular weight excluding hydrogens is 246 g/mol. The minimum Gasteiger partial charge on any atom is -0.358 e. The number of hydrogen-bond acceptors (Lipinski definition) is 3. The molecule has 3 nitrogen and oxygen atoms in total. The van der Waals surface area contributed by atoms with E-state index in [4.69, 9.17) is 22.7 Å². The van der Waals surface area contributed by atoms with Crippen LogP contribution in [-0.4, -0.2) is 12.3 Å². The normalized spacial score (nSPS) is 12.4. The molecule has 1 rings (SSSR count). The maximum absolute atomic E-state index is 7.98. The van der Waals surface area contributed by atoms with Crippen LogP contribution in [0.1, 0.15) is 20.8 Å². The fourth-order valence-corrected chi connectivity index (χ4v) is 1.48. The molecule has 0 spiro atoms. The van der Waals surface area contributed by atoms with Crippen LogP contribution in [0.4, 0.5) is 5.69 Å². The summed E-state index contributed by atoms with van der Waals surface area (Å²) in [5, 5.41) is 11.8. The smallest absolute Gasteiger partial charge is 0.0426 e. The summed E-state index contributed by atoms with van der Waals surface area (Å²) in [5.41, 5.74) is 7.72. The van der Waals surface area contributed by atoms with Crippen LogP contribution in [0.25, 0.3) is 0 Å². The van der Waals surface area contributed by atoms with Crippen molar-refractivity contribution in [1.82, 2.24) is 0 Å². The van der Waals surface area contributed by atoms with Crippen LogP contribution >= 0.6 is 11.6 Å². The molecule has 0 aliphatic heterocycles. The van der Waals surface area contributed by atoms with E-state index >= 15 is 0 Å². The second kappa shape index (κ2) is 6.03. The van der Waals surface area contributed by atoms with Gasteiger partial charge >= 0.3 is 0 Å². The molecular formula is C14H20ClN3. The third-order valence-electron chi connectivity index (χ3n) is 2.48. The van der Waals surface area contributed by atoms with Crippen molar-refractivity contribution in [2.45, 2.75) is 20.8 Å². The number of nitrogens with two attached hydrogens (primary N) is 1. The van der Waals surface area contributed by atoms with Crippen molar-refractivity contribution in [2.75, 3.05) is 11.9 Å². The Kier molecular flexibility index (Phi) is 4.93. The van der Waals surface area contributed by atoms with Gasteiger partial charge in [0.25, 0.3) is 0 Å². The molecule has 0 aliphatic carbocycles. The zero-order valence-corrected chi connectivity index (χ0v) is 11.8. The molecule has 0 saturated carbocycles. The molecule has 0 atom stereocenters. The molecule has 1 aromatic carbocycles. The van der Waals surface area contributed by atoms with Crippen LogP contribution in [-0.2, 0) is 0 Å². The molecule has 0 saturated heterocycles. The topological polar surface area (TPSA) is 61.9 Å². The van der Waals surface area contributed by atoms with Gasteiger partial charge in [0.05, 0.1) is 0 Å². The Balaban J connectivity index is 2.86. The summed E-state index contributed by atoms with van der Waals surface area (Å²) >= 11 is 5.92. The first-order chi connectivity index (χ1) is 8.32. The first-order valence-electron chi connectivity index (χ1n) is 5.85. The molecule has 0 aliphatic rings. The van der Waals surface area contributed by atoms with Crippen molar-refractivity contribution in [1.29, 1.82) is 5.41 Å². The van der Waals surface area contributed by atoms with Crippen LogP contribution in [0.5, 0.6) is 0 Å². The van der Waals surface area contributed by atoms with Gasteiger partial charge in [0.15, 0.2) is 0 Å². The number of nitrogens with one attached hydrogen (secondary N) is 2. The largest absolute Gasteiger partial charge is 0.358 e. The molecule has 4 heteroatoms. The molecule has 0 unspecified atom stereocenters. The Labute approximate surface area is 114 Å². The van der Waals surface area contributed by atoms with Crippen LogP contribution in [0.15, 0.2) is 36.0 Å². The number of allylic oxidation sites excluding steroid dienone is 1.